The standard InChI is InChI=1S/C5H10O2S/c1-3-4-5(2)8(6)7/h4H,3H2,1-2H3,(H,6,7). The van der Waals surface area contributed by atoms with Crippen molar-refractivity contribution in [2.75, 3.05) is 0 Å². The van der Waals surface area contributed by atoms with E-state index < -0.39 is 11.1 Å². The Balaban J connectivity index is 3.80. The molecule has 0 aromatic rings. The first-order valence-electron chi connectivity index (χ1n) is 2.46. The van der Waals surface area contributed by atoms with E-state index >= 15 is 0 Å². The third-order valence-electron chi connectivity index (χ3n) is 0.767. The molecule has 0 saturated carbocycles. The summed E-state index contributed by atoms with van der Waals surface area (Å²) in [6.07, 6.45) is 2.55. The van der Waals surface area contributed by atoms with Crippen LogP contribution in [0.15, 0.2) is 11.0 Å². The molecule has 0 bridgehead atoms. The molecule has 0 aromatic heterocycles. The van der Waals surface area contributed by atoms with Crippen LogP contribution in [0.1, 0.15) is 20.3 Å². The molecular formula is C5H10O2S. The number of hydrogen-bond acceptors (Lipinski definition) is 1. The van der Waals surface area contributed by atoms with Gasteiger partial charge in [-0.3, -0.25) is 0 Å². The average molecular weight is 134 g/mol. The number of rotatable bonds is 2. The summed E-state index contributed by atoms with van der Waals surface area (Å²) in [6, 6.07) is 0. The highest BCUT2D eigenvalue weighted by Gasteiger charge is 1.91. The van der Waals surface area contributed by atoms with Crippen LogP contribution < -0.4 is 0 Å². The lowest BCUT2D eigenvalue weighted by molar-refractivity contribution is 0.571. The van der Waals surface area contributed by atoms with Gasteiger partial charge in [-0.15, -0.1) is 0 Å². The highest BCUT2D eigenvalue weighted by atomic mass is 32.2. The molecule has 0 radical (unpaired) electrons. The molecule has 1 atom stereocenters. The van der Waals surface area contributed by atoms with Gasteiger partial charge in [0.15, 0.2) is 11.1 Å². The highest BCUT2D eigenvalue weighted by molar-refractivity contribution is 7.83. The predicted octanol–water partition coefficient (Wildman–Crippen LogP) is 1.52. The van der Waals surface area contributed by atoms with E-state index in [1.165, 1.54) is 0 Å². The Labute approximate surface area is 51.9 Å². The molecule has 0 amide bonds. The van der Waals surface area contributed by atoms with Crippen molar-refractivity contribution >= 4 is 11.1 Å². The maximum atomic E-state index is 10.1. The number of allylic oxidation sites excluding steroid dienone is 2. The van der Waals surface area contributed by atoms with Crippen LogP contribution in [0.3, 0.4) is 0 Å². The van der Waals surface area contributed by atoms with Gasteiger partial charge in [0.05, 0.1) is 0 Å². The molecule has 2 nitrogen and oxygen atoms in total. The molecule has 0 aliphatic rings. The fourth-order valence-corrected chi connectivity index (χ4v) is 0.668. The van der Waals surface area contributed by atoms with Crippen LogP contribution in [0.25, 0.3) is 0 Å². The first kappa shape index (κ1) is 7.85. The Kier molecular flexibility index (Phi) is 3.73. The zero-order valence-electron chi connectivity index (χ0n) is 5.05. The SMILES string of the molecule is CCC=C(C)S(=O)O. The van der Waals surface area contributed by atoms with Gasteiger partial charge in [0.2, 0.25) is 0 Å². The Morgan fingerprint density at radius 3 is 2.50 bits per heavy atom. The van der Waals surface area contributed by atoms with E-state index in [2.05, 4.69) is 0 Å². The zero-order valence-corrected chi connectivity index (χ0v) is 5.86. The van der Waals surface area contributed by atoms with Gasteiger partial charge in [-0.25, -0.2) is 4.21 Å². The van der Waals surface area contributed by atoms with Crippen LogP contribution in [-0.2, 0) is 11.1 Å². The topological polar surface area (TPSA) is 37.3 Å². The third-order valence-corrected chi connectivity index (χ3v) is 1.48. The Bertz CT molecular complexity index is 118. The van der Waals surface area contributed by atoms with Gasteiger partial charge in [0.25, 0.3) is 0 Å². The molecule has 1 N–H and O–H groups in total. The molecule has 0 heterocycles. The lowest BCUT2D eigenvalue weighted by atomic mass is 10.4. The molecule has 0 aliphatic heterocycles. The fourth-order valence-electron chi connectivity index (χ4n) is 0.359. The molecule has 0 spiro atoms. The van der Waals surface area contributed by atoms with Crippen molar-refractivity contribution in [3.63, 3.8) is 0 Å². The summed E-state index contributed by atoms with van der Waals surface area (Å²) in [6.45, 7) is 3.57. The van der Waals surface area contributed by atoms with Crippen LogP contribution in [0.5, 0.6) is 0 Å². The molecule has 3 heteroatoms. The minimum atomic E-state index is -1.75. The zero-order chi connectivity index (χ0) is 6.57. The maximum Gasteiger partial charge on any atom is 0.181 e. The van der Waals surface area contributed by atoms with Gasteiger partial charge >= 0.3 is 0 Å². The maximum absolute atomic E-state index is 10.1. The summed E-state index contributed by atoms with van der Waals surface area (Å²) in [5.41, 5.74) is 0. The van der Waals surface area contributed by atoms with Gasteiger partial charge in [0.1, 0.15) is 0 Å². The Hall–Kier alpha value is -0.150. The molecule has 48 valence electrons. The molecule has 0 rings (SSSR count). The van der Waals surface area contributed by atoms with Crippen LogP contribution in [0.4, 0.5) is 0 Å². The minimum Gasteiger partial charge on any atom is -0.303 e. The lowest BCUT2D eigenvalue weighted by Crippen LogP contribution is -1.85. The monoisotopic (exact) mass is 134 g/mol. The van der Waals surface area contributed by atoms with E-state index in [4.69, 9.17) is 4.55 Å². The summed E-state index contributed by atoms with van der Waals surface area (Å²) < 4.78 is 18.5. The number of hydrogen-bond donors (Lipinski definition) is 1. The molecule has 0 saturated heterocycles. The second kappa shape index (κ2) is 3.80. The second-order valence-electron chi connectivity index (χ2n) is 1.47. The van der Waals surface area contributed by atoms with E-state index in [0.29, 0.717) is 4.91 Å². The summed E-state index contributed by atoms with van der Waals surface area (Å²) in [5.74, 6) is 0. The van der Waals surface area contributed by atoms with Crippen molar-refractivity contribution in [2.45, 2.75) is 20.3 Å². The first-order valence-corrected chi connectivity index (χ1v) is 3.56. The average Bonchev–Trinajstić information content (AvgIpc) is 1.67. The van der Waals surface area contributed by atoms with Gasteiger partial charge in [-0.05, 0) is 13.3 Å². The van der Waals surface area contributed by atoms with E-state index in [1.54, 1.807) is 13.0 Å². The molecule has 1 unspecified atom stereocenters. The first-order chi connectivity index (χ1) is 3.68. The van der Waals surface area contributed by atoms with Gasteiger partial charge in [-0.1, -0.05) is 13.0 Å². The van der Waals surface area contributed by atoms with Crippen molar-refractivity contribution in [1.82, 2.24) is 0 Å². The second-order valence-corrected chi connectivity index (χ2v) is 2.61. The van der Waals surface area contributed by atoms with Crippen molar-refractivity contribution < 1.29 is 8.76 Å². The third kappa shape index (κ3) is 2.93. The summed E-state index contributed by atoms with van der Waals surface area (Å²) in [7, 11) is 0. The molecule has 0 aromatic carbocycles. The van der Waals surface area contributed by atoms with Crippen molar-refractivity contribution in [3.05, 3.63) is 11.0 Å². The van der Waals surface area contributed by atoms with Crippen molar-refractivity contribution in [2.24, 2.45) is 0 Å². The largest absolute Gasteiger partial charge is 0.303 e. The summed E-state index contributed by atoms with van der Waals surface area (Å²) >= 11 is -1.75. The smallest absolute Gasteiger partial charge is 0.181 e. The summed E-state index contributed by atoms with van der Waals surface area (Å²) in [5, 5.41) is 0. The normalized spacial score (nSPS) is 16.1. The molecular weight excluding hydrogens is 124 g/mol. The molecule has 8 heavy (non-hydrogen) atoms. The summed E-state index contributed by atoms with van der Waals surface area (Å²) in [4.78, 5) is 0.535. The Morgan fingerprint density at radius 2 is 2.38 bits per heavy atom. The van der Waals surface area contributed by atoms with Gasteiger partial charge in [0, 0.05) is 4.91 Å². The van der Waals surface area contributed by atoms with Crippen LogP contribution >= 0.6 is 0 Å². The van der Waals surface area contributed by atoms with Crippen LogP contribution in [0.2, 0.25) is 0 Å². The van der Waals surface area contributed by atoms with E-state index in [-0.39, 0.29) is 0 Å². The lowest BCUT2D eigenvalue weighted by Gasteiger charge is -1.88. The minimum absolute atomic E-state index is 0.535. The van der Waals surface area contributed by atoms with Crippen LogP contribution in [0, 0.1) is 0 Å². The molecule has 0 aliphatic carbocycles. The van der Waals surface area contributed by atoms with Crippen LogP contribution in [-0.4, -0.2) is 8.76 Å². The van der Waals surface area contributed by atoms with E-state index in [1.807, 2.05) is 6.92 Å². The van der Waals surface area contributed by atoms with E-state index in [9.17, 15) is 4.21 Å². The van der Waals surface area contributed by atoms with Gasteiger partial charge < -0.3 is 4.55 Å². The molecule has 0 fully saturated rings. The van der Waals surface area contributed by atoms with Crippen molar-refractivity contribution in [3.8, 4) is 0 Å². The van der Waals surface area contributed by atoms with E-state index in [0.717, 1.165) is 6.42 Å². The van der Waals surface area contributed by atoms with Gasteiger partial charge in [-0.2, -0.15) is 0 Å². The Morgan fingerprint density at radius 1 is 1.88 bits per heavy atom. The highest BCUT2D eigenvalue weighted by Crippen LogP contribution is 1.97. The quantitative estimate of drug-likeness (QED) is 0.581. The predicted molar refractivity (Wildman–Crippen MR) is 34.8 cm³/mol. The fraction of sp³-hybridized carbons (Fsp3) is 0.600. The van der Waals surface area contributed by atoms with Crippen molar-refractivity contribution in [1.29, 1.82) is 0 Å².